The molecule has 4 atom stereocenters. The van der Waals surface area contributed by atoms with Crippen LogP contribution in [0.4, 0.5) is 0 Å². The fourth-order valence-electron chi connectivity index (χ4n) is 5.34. The standard InChI is InChI=1S/C25H46O12P2/c1-13-30-38(31-14-2,34-22(9,18(5)26)23(10,35-38)19(6)27)17-39(32-15-3,33-16-4)36-24(11,20(7)28)25(12,37-39)21(8)29/h13-17H2,1-12H3. The van der Waals surface area contributed by atoms with Gasteiger partial charge >= 0.3 is 231 Å². The van der Waals surface area contributed by atoms with Crippen LogP contribution in [0.1, 0.15) is 83.1 Å². The summed E-state index contributed by atoms with van der Waals surface area (Å²) in [6, 6.07) is 0. The van der Waals surface area contributed by atoms with Crippen LogP contribution in [-0.4, -0.2) is 77.9 Å². The van der Waals surface area contributed by atoms with Gasteiger partial charge < -0.3 is 0 Å². The molecule has 0 bridgehead atoms. The summed E-state index contributed by atoms with van der Waals surface area (Å²) in [4.78, 5) is 52.4. The number of carbonyl (C=O) groups excluding carboxylic acids is 4. The molecule has 2 fully saturated rings. The first-order valence-electron chi connectivity index (χ1n) is 13.2. The summed E-state index contributed by atoms with van der Waals surface area (Å²) < 4.78 is 51.3. The zero-order chi connectivity index (χ0) is 30.4. The molecule has 4 unspecified atom stereocenters. The summed E-state index contributed by atoms with van der Waals surface area (Å²) in [5, 5.41) is 0. The van der Waals surface area contributed by atoms with Crippen molar-refractivity contribution in [2.75, 3.05) is 32.3 Å². The van der Waals surface area contributed by atoms with Crippen molar-refractivity contribution < 1.29 is 55.4 Å². The van der Waals surface area contributed by atoms with Gasteiger partial charge in [0.05, 0.1) is 0 Å². The fraction of sp³-hybridized carbons (Fsp3) is 0.840. The van der Waals surface area contributed by atoms with Gasteiger partial charge in [-0.2, -0.15) is 0 Å². The van der Waals surface area contributed by atoms with Crippen LogP contribution in [-0.2, 0) is 55.4 Å². The molecule has 0 N–H and O–H groups in total. The molecule has 0 spiro atoms. The van der Waals surface area contributed by atoms with Crippen molar-refractivity contribution in [2.24, 2.45) is 0 Å². The van der Waals surface area contributed by atoms with Gasteiger partial charge in [-0.15, -0.1) is 0 Å². The van der Waals surface area contributed by atoms with Gasteiger partial charge in [0.25, 0.3) is 0 Å². The van der Waals surface area contributed by atoms with Gasteiger partial charge in [0.15, 0.2) is 0 Å². The predicted molar refractivity (Wildman–Crippen MR) is 146 cm³/mol. The van der Waals surface area contributed by atoms with Gasteiger partial charge in [-0.25, -0.2) is 0 Å². The minimum absolute atomic E-state index is 0.0432. The van der Waals surface area contributed by atoms with E-state index in [2.05, 4.69) is 0 Å². The summed E-state index contributed by atoms with van der Waals surface area (Å²) in [5.74, 6) is -2.70. The topological polar surface area (TPSA) is 142 Å². The van der Waals surface area contributed by atoms with Gasteiger partial charge in [0, 0.05) is 0 Å². The average molecular weight is 601 g/mol. The number of carbonyl (C=O) groups is 4. The normalized spacial score (nSPS) is 38.2. The van der Waals surface area contributed by atoms with Crippen LogP contribution < -0.4 is 0 Å². The molecule has 0 aromatic carbocycles. The maximum atomic E-state index is 13.1. The van der Waals surface area contributed by atoms with Crippen LogP contribution in [0, 0.1) is 0 Å². The van der Waals surface area contributed by atoms with Gasteiger partial charge in [-0.05, 0) is 0 Å². The van der Waals surface area contributed by atoms with E-state index in [-0.39, 0.29) is 26.4 Å². The van der Waals surface area contributed by atoms with Crippen molar-refractivity contribution in [3.8, 4) is 0 Å². The molecule has 2 rings (SSSR count). The SMILES string of the molecule is CCOP1(CP2(OCC)(OCC)OC(C)(C(C)=O)C(C)(C(C)=O)O2)(OCC)OC(C)(C(C)=O)C(C)(C(C)=O)O1. The van der Waals surface area contributed by atoms with Crippen molar-refractivity contribution in [3.05, 3.63) is 0 Å². The third-order valence-electron chi connectivity index (χ3n) is 7.92. The zero-order valence-electron chi connectivity index (χ0n) is 25.3. The third-order valence-corrected chi connectivity index (χ3v) is 17.5. The molecule has 14 heteroatoms. The first kappa shape index (κ1) is 34.4. The Morgan fingerprint density at radius 2 is 0.667 bits per heavy atom. The first-order chi connectivity index (χ1) is 17.7. The molecule has 0 aliphatic carbocycles. The summed E-state index contributed by atoms with van der Waals surface area (Å²) in [7, 11) is -10.4. The second-order valence-electron chi connectivity index (χ2n) is 10.5. The van der Waals surface area contributed by atoms with Gasteiger partial charge in [0.2, 0.25) is 0 Å². The van der Waals surface area contributed by atoms with Gasteiger partial charge in [-0.1, -0.05) is 0 Å². The third kappa shape index (κ3) is 4.88. The van der Waals surface area contributed by atoms with E-state index in [0.29, 0.717) is 0 Å². The van der Waals surface area contributed by atoms with Crippen LogP contribution in [0.15, 0.2) is 0 Å². The molecule has 39 heavy (non-hydrogen) atoms. The van der Waals surface area contributed by atoms with E-state index in [4.69, 9.17) is 36.2 Å². The van der Waals surface area contributed by atoms with E-state index in [1.54, 1.807) is 27.7 Å². The fourth-order valence-corrected chi connectivity index (χ4v) is 17.3. The Kier molecular flexibility index (Phi) is 9.26. The molecule has 0 saturated carbocycles. The minimum atomic E-state index is -5.19. The second-order valence-corrected chi connectivity index (χ2v) is 17.2. The summed E-state index contributed by atoms with van der Waals surface area (Å²) >= 11 is 0. The number of rotatable bonds is 14. The number of Topliss-reactive ketones (excluding diaryl/α,β-unsaturated/α-hetero) is 4. The molecule has 2 heterocycles. The van der Waals surface area contributed by atoms with Crippen molar-refractivity contribution in [1.82, 2.24) is 0 Å². The summed E-state index contributed by atoms with van der Waals surface area (Å²) in [6.07, 6.45) is 0. The quantitative estimate of drug-likeness (QED) is 0.248. The molecule has 0 radical (unpaired) electrons. The molecule has 228 valence electrons. The Hall–Kier alpha value is -0.780. The Bertz CT molecular complexity index is 892. The summed E-state index contributed by atoms with van der Waals surface area (Å²) in [6.45, 7) is 17.3. The monoisotopic (exact) mass is 600 g/mol. The molecule has 12 nitrogen and oxygen atoms in total. The van der Waals surface area contributed by atoms with E-state index >= 15 is 0 Å². The van der Waals surface area contributed by atoms with Crippen LogP contribution >= 0.6 is 15.0 Å². The molecule has 0 aromatic rings. The zero-order valence-corrected chi connectivity index (χ0v) is 27.1. The molecule has 2 saturated heterocycles. The maximum absolute atomic E-state index is 13.1. The van der Waals surface area contributed by atoms with E-state index < -0.39 is 66.5 Å². The van der Waals surface area contributed by atoms with Crippen molar-refractivity contribution >= 4 is 38.2 Å². The Labute approximate surface area is 231 Å². The van der Waals surface area contributed by atoms with Crippen LogP contribution in [0.3, 0.4) is 0 Å². The number of hydrogen-bond acceptors (Lipinski definition) is 12. The molecule has 2 aliphatic rings. The Morgan fingerprint density at radius 1 is 0.487 bits per heavy atom. The Morgan fingerprint density at radius 3 is 0.795 bits per heavy atom. The molecule has 0 aromatic heterocycles. The van der Waals surface area contributed by atoms with Crippen molar-refractivity contribution in [3.63, 3.8) is 0 Å². The average Bonchev–Trinajstić information content (AvgIpc) is 3.12. The van der Waals surface area contributed by atoms with Crippen molar-refractivity contribution in [1.29, 1.82) is 0 Å². The van der Waals surface area contributed by atoms with E-state index in [9.17, 15) is 19.2 Å². The van der Waals surface area contributed by atoms with Gasteiger partial charge in [0.1, 0.15) is 0 Å². The first-order valence-corrected chi connectivity index (χ1v) is 17.4. The van der Waals surface area contributed by atoms with E-state index in [0.717, 1.165) is 0 Å². The Balaban J connectivity index is 3.07. The molecular formula is C25H46O12P2. The number of ketones is 4. The predicted octanol–water partition coefficient (Wildman–Crippen LogP) is 5.00. The van der Waals surface area contributed by atoms with E-state index in [1.807, 2.05) is 0 Å². The second kappa shape index (κ2) is 10.5. The van der Waals surface area contributed by atoms with Crippen LogP contribution in [0.25, 0.3) is 0 Å². The van der Waals surface area contributed by atoms with Gasteiger partial charge in [-0.3, -0.25) is 0 Å². The molecular weight excluding hydrogens is 554 g/mol. The molecule has 0 amide bonds. The van der Waals surface area contributed by atoms with Crippen LogP contribution in [0.2, 0.25) is 0 Å². The summed E-state index contributed by atoms with van der Waals surface area (Å²) in [5.41, 5.74) is -7.44. The van der Waals surface area contributed by atoms with E-state index in [1.165, 1.54) is 55.4 Å². The molecule has 2 aliphatic heterocycles. The number of hydrogen-bond donors (Lipinski definition) is 0. The van der Waals surface area contributed by atoms with Crippen LogP contribution in [0.5, 0.6) is 0 Å². The van der Waals surface area contributed by atoms with Crippen molar-refractivity contribution in [2.45, 2.75) is 105 Å².